The molecule has 0 unspecified atom stereocenters. The smallest absolute Gasteiger partial charge is 0.236 e. The molecule has 0 saturated carbocycles. The molecule has 3 aromatic carbocycles. The number of rotatable bonds is 7. The van der Waals surface area contributed by atoms with Gasteiger partial charge < -0.3 is 4.57 Å². The Bertz CT molecular complexity index is 1920. The first-order chi connectivity index (χ1) is 18.5. The average molecular weight is 520 g/mol. The molecule has 0 saturated heterocycles. The molecule has 6 aromatic rings. The number of hydrogen-bond acceptors (Lipinski definition) is 6. The van der Waals surface area contributed by atoms with Gasteiger partial charge in [-0.3, -0.25) is 4.72 Å². The van der Waals surface area contributed by atoms with E-state index in [1.165, 1.54) is 0 Å². The summed E-state index contributed by atoms with van der Waals surface area (Å²) in [5.41, 5.74) is 4.39. The molecule has 0 aliphatic rings. The van der Waals surface area contributed by atoms with Gasteiger partial charge in [0.2, 0.25) is 10.0 Å². The van der Waals surface area contributed by atoms with Crippen molar-refractivity contribution < 1.29 is 8.42 Å². The maximum Gasteiger partial charge on any atom is 0.236 e. The number of hydrogen-bond donors (Lipinski definition) is 2. The summed E-state index contributed by atoms with van der Waals surface area (Å²) in [5.74, 6) is -0.130. The SMILES string of the molecule is N#Cc1ccc2cc(-c3cn[nH]n3)n(Cc3cc(NS(=O)(=O)Cc4ccccc4)cc4ccccc34)c2n1. The van der Waals surface area contributed by atoms with Gasteiger partial charge in [-0.2, -0.15) is 20.7 Å². The van der Waals surface area contributed by atoms with E-state index in [-0.39, 0.29) is 5.75 Å². The standard InChI is InChI=1S/C28H21N7O2S/c29-15-23-11-10-21-14-27(26-16-30-34-32-26)35(28(21)31-23)17-22-13-24(12-20-8-4-5-9-25(20)22)33-38(36,37)18-19-6-2-1-3-7-19/h1-14,16,33H,17-18H2,(H,30,32,34). The van der Waals surface area contributed by atoms with E-state index in [1.807, 2.05) is 71.3 Å². The number of aromatic nitrogens is 5. The minimum Gasteiger partial charge on any atom is -0.319 e. The molecule has 3 aromatic heterocycles. The van der Waals surface area contributed by atoms with Crippen molar-refractivity contribution >= 4 is 37.5 Å². The molecule has 0 spiro atoms. The van der Waals surface area contributed by atoms with E-state index in [9.17, 15) is 13.7 Å². The van der Waals surface area contributed by atoms with Gasteiger partial charge in [0.05, 0.1) is 24.2 Å². The summed E-state index contributed by atoms with van der Waals surface area (Å²) in [6.07, 6.45) is 1.63. The highest BCUT2D eigenvalue weighted by Crippen LogP contribution is 2.31. The Morgan fingerprint density at radius 1 is 0.947 bits per heavy atom. The normalized spacial score (nSPS) is 11.6. The summed E-state index contributed by atoms with van der Waals surface area (Å²) in [5, 5.41) is 23.0. The van der Waals surface area contributed by atoms with Crippen LogP contribution < -0.4 is 4.72 Å². The second-order valence-corrected chi connectivity index (χ2v) is 10.6. The summed E-state index contributed by atoms with van der Waals surface area (Å²) >= 11 is 0. The number of nitrogens with zero attached hydrogens (tertiary/aromatic N) is 5. The predicted molar refractivity (Wildman–Crippen MR) is 146 cm³/mol. The lowest BCUT2D eigenvalue weighted by atomic mass is 10.0. The number of pyridine rings is 1. The van der Waals surface area contributed by atoms with Crippen molar-refractivity contribution in [1.82, 2.24) is 25.0 Å². The van der Waals surface area contributed by atoms with Gasteiger partial charge in [0.25, 0.3) is 0 Å². The number of nitriles is 1. The molecule has 0 amide bonds. The van der Waals surface area contributed by atoms with Crippen LogP contribution in [0.15, 0.2) is 91.1 Å². The maximum atomic E-state index is 13.0. The van der Waals surface area contributed by atoms with Crippen molar-refractivity contribution in [1.29, 1.82) is 5.26 Å². The van der Waals surface area contributed by atoms with E-state index in [1.54, 1.807) is 24.4 Å². The molecular formula is C28H21N7O2S. The second-order valence-electron chi connectivity index (χ2n) is 8.90. The first-order valence-electron chi connectivity index (χ1n) is 11.8. The molecule has 0 bridgehead atoms. The minimum atomic E-state index is -3.65. The van der Waals surface area contributed by atoms with Crippen LogP contribution in [0.1, 0.15) is 16.8 Å². The highest BCUT2D eigenvalue weighted by molar-refractivity contribution is 7.91. The van der Waals surface area contributed by atoms with Crippen LogP contribution in [0.2, 0.25) is 0 Å². The van der Waals surface area contributed by atoms with Gasteiger partial charge in [-0.15, -0.1) is 0 Å². The third kappa shape index (κ3) is 4.58. The average Bonchev–Trinajstić information content (AvgIpc) is 3.57. The van der Waals surface area contributed by atoms with E-state index in [4.69, 9.17) is 0 Å². The number of H-pyrrole nitrogens is 1. The van der Waals surface area contributed by atoms with Crippen LogP contribution in [-0.2, 0) is 22.3 Å². The summed E-state index contributed by atoms with van der Waals surface area (Å²) in [7, 11) is -3.65. The molecule has 0 fully saturated rings. The minimum absolute atomic E-state index is 0.130. The molecular weight excluding hydrogens is 498 g/mol. The van der Waals surface area contributed by atoms with Crippen molar-refractivity contribution in [3.05, 3.63) is 108 Å². The van der Waals surface area contributed by atoms with E-state index in [0.29, 0.717) is 34.8 Å². The van der Waals surface area contributed by atoms with Crippen molar-refractivity contribution in [2.45, 2.75) is 12.3 Å². The van der Waals surface area contributed by atoms with Gasteiger partial charge >= 0.3 is 0 Å². The largest absolute Gasteiger partial charge is 0.319 e. The number of benzene rings is 3. The zero-order chi connectivity index (χ0) is 26.1. The first-order valence-corrected chi connectivity index (χ1v) is 13.5. The predicted octanol–water partition coefficient (Wildman–Crippen LogP) is 4.84. The van der Waals surface area contributed by atoms with Crippen LogP contribution in [0.3, 0.4) is 0 Å². The topological polar surface area (TPSA) is 129 Å². The lowest BCUT2D eigenvalue weighted by molar-refractivity contribution is 0.600. The summed E-state index contributed by atoms with van der Waals surface area (Å²) in [6.45, 7) is 0.363. The number of nitrogens with one attached hydrogen (secondary N) is 2. The quantitative estimate of drug-likeness (QED) is 0.311. The number of fused-ring (bicyclic) bond motifs is 2. The summed E-state index contributed by atoms with van der Waals surface area (Å²) < 4.78 is 30.7. The van der Waals surface area contributed by atoms with E-state index < -0.39 is 10.0 Å². The molecule has 0 aliphatic heterocycles. The molecule has 9 nitrogen and oxygen atoms in total. The monoisotopic (exact) mass is 519 g/mol. The first kappa shape index (κ1) is 23.4. The highest BCUT2D eigenvalue weighted by Gasteiger charge is 2.18. The van der Waals surface area contributed by atoms with Gasteiger partial charge in [-0.1, -0.05) is 54.6 Å². The Labute approximate surface area is 218 Å². The summed E-state index contributed by atoms with van der Waals surface area (Å²) in [6, 6.07) is 28.2. The van der Waals surface area contributed by atoms with Crippen LogP contribution in [0.5, 0.6) is 0 Å². The van der Waals surface area contributed by atoms with Crippen molar-refractivity contribution in [3.8, 4) is 17.5 Å². The lowest BCUT2D eigenvalue weighted by Crippen LogP contribution is -2.15. The van der Waals surface area contributed by atoms with Gasteiger partial charge in [0.15, 0.2) is 0 Å². The number of sulfonamides is 1. The van der Waals surface area contributed by atoms with E-state index >= 15 is 0 Å². The molecule has 2 N–H and O–H groups in total. The van der Waals surface area contributed by atoms with Crippen molar-refractivity contribution in [2.24, 2.45) is 0 Å². The lowest BCUT2D eigenvalue weighted by Gasteiger charge is -2.15. The Morgan fingerprint density at radius 2 is 1.76 bits per heavy atom. The van der Waals surface area contributed by atoms with Gasteiger partial charge in [0, 0.05) is 11.1 Å². The third-order valence-corrected chi connectivity index (χ3v) is 7.54. The Balaban J connectivity index is 1.46. The molecule has 38 heavy (non-hydrogen) atoms. The Kier molecular flexibility index (Phi) is 5.82. The molecule has 10 heteroatoms. The maximum absolute atomic E-state index is 13.0. The van der Waals surface area contributed by atoms with E-state index in [2.05, 4.69) is 31.2 Å². The van der Waals surface area contributed by atoms with Crippen LogP contribution in [0.4, 0.5) is 5.69 Å². The fourth-order valence-electron chi connectivity index (χ4n) is 4.65. The Morgan fingerprint density at radius 3 is 2.55 bits per heavy atom. The van der Waals surface area contributed by atoms with Crippen LogP contribution in [0.25, 0.3) is 33.2 Å². The van der Waals surface area contributed by atoms with Gasteiger partial charge in [-0.25, -0.2) is 13.4 Å². The second kappa shape index (κ2) is 9.46. The molecule has 186 valence electrons. The fraction of sp³-hybridized carbons (Fsp3) is 0.0714. The highest BCUT2D eigenvalue weighted by atomic mass is 32.2. The number of anilines is 1. The van der Waals surface area contributed by atoms with Gasteiger partial charge in [0.1, 0.15) is 23.1 Å². The molecule has 6 rings (SSSR count). The number of aromatic amines is 1. The summed E-state index contributed by atoms with van der Waals surface area (Å²) in [4.78, 5) is 4.56. The zero-order valence-electron chi connectivity index (χ0n) is 20.0. The molecule has 0 radical (unpaired) electrons. The fourth-order valence-corrected chi connectivity index (χ4v) is 5.83. The van der Waals surface area contributed by atoms with Crippen molar-refractivity contribution in [3.63, 3.8) is 0 Å². The molecule has 0 aliphatic carbocycles. The van der Waals surface area contributed by atoms with Crippen LogP contribution in [-0.4, -0.2) is 33.4 Å². The van der Waals surface area contributed by atoms with Gasteiger partial charge in [-0.05, 0) is 52.2 Å². The molecule has 0 atom stereocenters. The van der Waals surface area contributed by atoms with E-state index in [0.717, 1.165) is 27.4 Å². The molecule has 3 heterocycles. The third-order valence-electron chi connectivity index (χ3n) is 6.28. The zero-order valence-corrected chi connectivity index (χ0v) is 20.9. The van der Waals surface area contributed by atoms with Crippen molar-refractivity contribution in [2.75, 3.05) is 4.72 Å². The Hall–Kier alpha value is -5.01. The van der Waals surface area contributed by atoms with Crippen LogP contribution in [0, 0.1) is 11.3 Å². The van der Waals surface area contributed by atoms with Crippen LogP contribution >= 0.6 is 0 Å².